The molecule has 8 aromatic rings. The van der Waals surface area contributed by atoms with Gasteiger partial charge in [-0.25, -0.2) is 0 Å². The summed E-state index contributed by atoms with van der Waals surface area (Å²) in [5, 5.41) is 2.31. The van der Waals surface area contributed by atoms with E-state index in [-0.39, 0.29) is 14.5 Å². The molecule has 0 bridgehead atoms. The molecule has 0 fully saturated rings. The van der Waals surface area contributed by atoms with Crippen molar-refractivity contribution in [2.24, 2.45) is 0 Å². The molecule has 0 spiro atoms. The zero-order valence-electron chi connectivity index (χ0n) is 26.5. The second-order valence-electron chi connectivity index (χ2n) is 12.7. The number of aromatic nitrogens is 1. The van der Waals surface area contributed by atoms with E-state index in [0.29, 0.717) is 11.8 Å². The van der Waals surface area contributed by atoms with Crippen molar-refractivity contribution in [3.05, 3.63) is 139 Å². The van der Waals surface area contributed by atoms with Gasteiger partial charge in [0.15, 0.2) is 0 Å². The Labute approximate surface area is 276 Å². The summed E-state index contributed by atoms with van der Waals surface area (Å²) in [6, 6.07) is 46.0. The van der Waals surface area contributed by atoms with E-state index >= 15 is 0 Å². The van der Waals surface area contributed by atoms with E-state index in [2.05, 4.69) is 149 Å². The van der Waals surface area contributed by atoms with Crippen molar-refractivity contribution >= 4 is 46.2 Å². The molecule has 224 valence electrons. The predicted octanol–water partition coefficient (Wildman–Crippen LogP) is 12.1. The number of rotatable bonds is 6. The third kappa shape index (κ3) is 4.92. The van der Waals surface area contributed by atoms with Crippen LogP contribution in [0.2, 0.25) is 0 Å². The summed E-state index contributed by atoms with van der Waals surface area (Å²) in [5.41, 5.74) is 14.6. The van der Waals surface area contributed by atoms with Crippen molar-refractivity contribution in [2.75, 3.05) is 0 Å². The van der Waals surface area contributed by atoms with E-state index in [9.17, 15) is 0 Å². The summed E-state index contributed by atoms with van der Waals surface area (Å²) in [6.07, 6.45) is 0. The van der Waals surface area contributed by atoms with Crippen molar-refractivity contribution < 1.29 is 4.42 Å². The maximum absolute atomic E-state index is 6.43. The van der Waals surface area contributed by atoms with Crippen LogP contribution in [0.5, 0.6) is 0 Å². The first kappa shape index (κ1) is 28.8. The van der Waals surface area contributed by atoms with Gasteiger partial charge in [0.05, 0.1) is 0 Å². The Hall–Kier alpha value is -4.69. The molecule has 2 nitrogen and oxygen atoms in total. The number of fused-ring (bicyclic) bond motifs is 4. The summed E-state index contributed by atoms with van der Waals surface area (Å²) < 4.78 is 8.92. The van der Waals surface area contributed by atoms with E-state index < -0.39 is 0 Å². The molecule has 0 aliphatic rings. The van der Waals surface area contributed by atoms with Crippen LogP contribution in [0.3, 0.4) is 0 Å². The fourth-order valence-electron chi connectivity index (χ4n) is 6.74. The second-order valence-corrected chi connectivity index (χ2v) is 14.8. The molecule has 0 aliphatic heterocycles. The van der Waals surface area contributed by atoms with Crippen LogP contribution < -0.4 is 0 Å². The molecule has 2 heterocycles. The van der Waals surface area contributed by atoms with Gasteiger partial charge in [0.1, 0.15) is 0 Å². The molecule has 0 atom stereocenters. The van der Waals surface area contributed by atoms with E-state index in [1.54, 1.807) is 0 Å². The number of benzene rings is 6. The Kier molecular flexibility index (Phi) is 7.25. The van der Waals surface area contributed by atoms with Gasteiger partial charge in [-0.05, 0) is 0 Å². The van der Waals surface area contributed by atoms with E-state index in [0.717, 1.165) is 37.6 Å². The van der Waals surface area contributed by atoms with Gasteiger partial charge in [0.25, 0.3) is 0 Å². The first-order valence-electron chi connectivity index (χ1n) is 16.1. The molecule has 2 aromatic heterocycles. The summed E-state index contributed by atoms with van der Waals surface area (Å²) in [7, 11) is 0. The molecule has 6 aromatic carbocycles. The zero-order valence-corrected chi connectivity index (χ0v) is 28.3. The minimum absolute atomic E-state index is 0.0353. The quantitative estimate of drug-likeness (QED) is 0.166. The SMILES string of the molecule is CC(C)c1cc(-c2ccc(-c3ccccc3)cc2)cc(C(C)C)c1-c1cccc2nc(-c3cccc4c3oc3ccccc34)[se]c12. The maximum atomic E-state index is 6.43. The second kappa shape index (κ2) is 11.6. The summed E-state index contributed by atoms with van der Waals surface area (Å²) >= 11 is 0.0353. The van der Waals surface area contributed by atoms with Crippen LogP contribution in [-0.2, 0) is 0 Å². The summed E-state index contributed by atoms with van der Waals surface area (Å²) in [5.74, 6) is 0.732. The Morgan fingerprint density at radius 1 is 0.543 bits per heavy atom. The van der Waals surface area contributed by atoms with Crippen LogP contribution in [0.25, 0.3) is 75.2 Å². The first-order valence-corrected chi connectivity index (χ1v) is 17.8. The molecule has 0 amide bonds. The monoisotopic (exact) mass is 661 g/mol. The Balaban J connectivity index is 1.28. The third-order valence-corrected chi connectivity index (χ3v) is 11.5. The van der Waals surface area contributed by atoms with Crippen molar-refractivity contribution in [2.45, 2.75) is 39.5 Å². The van der Waals surface area contributed by atoms with Crippen LogP contribution in [0.1, 0.15) is 50.7 Å². The van der Waals surface area contributed by atoms with Crippen molar-refractivity contribution in [3.63, 3.8) is 0 Å². The van der Waals surface area contributed by atoms with Crippen LogP contribution in [0.15, 0.2) is 132 Å². The van der Waals surface area contributed by atoms with Gasteiger partial charge >= 0.3 is 259 Å². The van der Waals surface area contributed by atoms with Crippen LogP contribution in [0.4, 0.5) is 0 Å². The molecule has 0 radical (unpaired) electrons. The Morgan fingerprint density at radius 2 is 1.13 bits per heavy atom. The number of para-hydroxylation sites is 2. The van der Waals surface area contributed by atoms with Gasteiger partial charge in [-0.1, -0.05) is 18.2 Å². The zero-order chi connectivity index (χ0) is 31.4. The molecule has 0 aliphatic carbocycles. The molecule has 8 rings (SSSR count). The normalized spacial score (nSPS) is 11.9. The van der Waals surface area contributed by atoms with Gasteiger partial charge in [0.2, 0.25) is 0 Å². The predicted molar refractivity (Wildman–Crippen MR) is 196 cm³/mol. The molecule has 3 heteroatoms. The molecule has 0 unspecified atom stereocenters. The van der Waals surface area contributed by atoms with Gasteiger partial charge in [0, 0.05) is 0 Å². The average molecular weight is 661 g/mol. The minimum atomic E-state index is 0.0353. The topological polar surface area (TPSA) is 26.0 Å². The third-order valence-electron chi connectivity index (χ3n) is 9.09. The van der Waals surface area contributed by atoms with Crippen LogP contribution >= 0.6 is 0 Å². The van der Waals surface area contributed by atoms with Gasteiger partial charge in [-0.3, -0.25) is 0 Å². The number of furan rings is 1. The fraction of sp³-hybridized carbons (Fsp3) is 0.140. The molecular weight excluding hydrogens is 625 g/mol. The van der Waals surface area contributed by atoms with Gasteiger partial charge < -0.3 is 0 Å². The Bertz CT molecular complexity index is 2330. The van der Waals surface area contributed by atoms with Crippen LogP contribution in [-0.4, -0.2) is 19.5 Å². The molecule has 0 saturated heterocycles. The number of hydrogen-bond donors (Lipinski definition) is 0. The summed E-state index contributed by atoms with van der Waals surface area (Å²) in [6.45, 7) is 9.29. The van der Waals surface area contributed by atoms with Crippen LogP contribution in [0, 0.1) is 0 Å². The van der Waals surface area contributed by atoms with Crippen molar-refractivity contribution in [1.82, 2.24) is 4.98 Å². The number of hydrogen-bond acceptors (Lipinski definition) is 2. The molecule has 46 heavy (non-hydrogen) atoms. The number of nitrogens with zero attached hydrogens (tertiary/aromatic N) is 1. The standard InChI is InChI=1S/C43H35NOSe/c1-26(2)36-24-31(30-22-20-29(21-23-30)28-12-6-5-7-13-28)25-37(27(3)4)40(36)34-16-11-18-38-42(34)46-43(44-38)35-17-10-15-33-32-14-8-9-19-39(32)45-41(33)35/h5-27H,1-4H3. The van der Waals surface area contributed by atoms with E-state index in [1.165, 1.54) is 48.8 Å². The fourth-order valence-corrected chi connectivity index (χ4v) is 9.06. The van der Waals surface area contributed by atoms with E-state index in [4.69, 9.17) is 9.40 Å². The van der Waals surface area contributed by atoms with E-state index in [1.807, 2.05) is 6.07 Å². The molecular formula is C43H35NOSe. The average Bonchev–Trinajstić information content (AvgIpc) is 3.70. The van der Waals surface area contributed by atoms with Crippen molar-refractivity contribution in [3.8, 4) is 43.5 Å². The Morgan fingerprint density at radius 3 is 1.85 bits per heavy atom. The van der Waals surface area contributed by atoms with Gasteiger partial charge in [-0.15, -0.1) is 0 Å². The molecule has 0 N–H and O–H groups in total. The summed E-state index contributed by atoms with van der Waals surface area (Å²) in [4.78, 5) is 5.26. The van der Waals surface area contributed by atoms with Crippen molar-refractivity contribution in [1.29, 1.82) is 0 Å². The first-order chi connectivity index (χ1) is 22.5. The molecule has 0 saturated carbocycles. The van der Waals surface area contributed by atoms with Gasteiger partial charge in [-0.2, -0.15) is 0 Å².